The van der Waals surface area contributed by atoms with Crippen LogP contribution in [-0.4, -0.2) is 27.7 Å². The third-order valence-corrected chi connectivity index (χ3v) is 2.54. The van der Waals surface area contributed by atoms with E-state index in [1.54, 1.807) is 13.0 Å². The SMILES string of the molecule is CCOc1nc2sccc2nc1C(=O)O. The normalized spacial score (nSPS) is 10.5. The van der Waals surface area contributed by atoms with Crippen LogP contribution in [-0.2, 0) is 0 Å². The summed E-state index contributed by atoms with van der Waals surface area (Å²) in [5.74, 6) is -1.04. The summed E-state index contributed by atoms with van der Waals surface area (Å²) >= 11 is 1.40. The number of carboxylic acids is 1. The first kappa shape index (κ1) is 9.85. The number of ether oxygens (including phenoxy) is 1. The molecule has 0 fully saturated rings. The van der Waals surface area contributed by atoms with E-state index in [9.17, 15) is 4.79 Å². The smallest absolute Gasteiger partial charge is 0.360 e. The summed E-state index contributed by atoms with van der Waals surface area (Å²) in [6, 6.07) is 1.73. The molecule has 15 heavy (non-hydrogen) atoms. The third-order valence-electron chi connectivity index (χ3n) is 1.75. The second-order valence-corrected chi connectivity index (χ2v) is 3.62. The molecule has 0 aliphatic carbocycles. The van der Waals surface area contributed by atoms with E-state index in [0.717, 1.165) is 0 Å². The van der Waals surface area contributed by atoms with Crippen LogP contribution in [0.1, 0.15) is 17.4 Å². The molecule has 0 bridgehead atoms. The summed E-state index contributed by atoms with van der Waals surface area (Å²) in [4.78, 5) is 19.6. The molecule has 0 aliphatic heterocycles. The fourth-order valence-corrected chi connectivity index (χ4v) is 1.85. The number of nitrogens with zero attached hydrogens (tertiary/aromatic N) is 2. The van der Waals surface area contributed by atoms with Gasteiger partial charge in [0, 0.05) is 0 Å². The molecule has 0 saturated carbocycles. The molecule has 6 heteroatoms. The van der Waals surface area contributed by atoms with Gasteiger partial charge in [-0.2, -0.15) is 4.98 Å². The van der Waals surface area contributed by atoms with E-state index in [1.165, 1.54) is 11.3 Å². The van der Waals surface area contributed by atoms with E-state index in [0.29, 0.717) is 17.0 Å². The largest absolute Gasteiger partial charge is 0.476 e. The number of carbonyl (C=O) groups is 1. The van der Waals surface area contributed by atoms with Gasteiger partial charge in [-0.3, -0.25) is 0 Å². The van der Waals surface area contributed by atoms with Crippen LogP contribution in [0.4, 0.5) is 0 Å². The number of fused-ring (bicyclic) bond motifs is 1. The van der Waals surface area contributed by atoms with Crippen LogP contribution >= 0.6 is 11.3 Å². The summed E-state index contributed by atoms with van der Waals surface area (Å²) in [7, 11) is 0. The Balaban J connectivity index is 2.62. The predicted molar refractivity (Wildman–Crippen MR) is 55.5 cm³/mol. The van der Waals surface area contributed by atoms with E-state index in [4.69, 9.17) is 9.84 Å². The Kier molecular flexibility index (Phi) is 2.51. The molecule has 0 spiro atoms. The minimum atomic E-state index is -1.13. The van der Waals surface area contributed by atoms with Crippen LogP contribution in [0.2, 0.25) is 0 Å². The summed E-state index contributed by atoms with van der Waals surface area (Å²) in [6.07, 6.45) is 0. The Labute approximate surface area is 89.4 Å². The molecule has 2 aromatic heterocycles. The van der Waals surface area contributed by atoms with Crippen molar-refractivity contribution in [2.24, 2.45) is 0 Å². The zero-order valence-electron chi connectivity index (χ0n) is 7.93. The van der Waals surface area contributed by atoms with E-state index in [-0.39, 0.29) is 11.6 Å². The Hall–Kier alpha value is -1.69. The van der Waals surface area contributed by atoms with Crippen molar-refractivity contribution in [2.75, 3.05) is 6.61 Å². The number of carboxylic acid groups (broad SMARTS) is 1. The topological polar surface area (TPSA) is 72.3 Å². The Bertz CT molecular complexity index is 509. The van der Waals surface area contributed by atoms with E-state index < -0.39 is 5.97 Å². The van der Waals surface area contributed by atoms with Crippen molar-refractivity contribution in [2.45, 2.75) is 6.92 Å². The summed E-state index contributed by atoms with van der Waals surface area (Å²) in [5, 5.41) is 10.7. The summed E-state index contributed by atoms with van der Waals surface area (Å²) in [6.45, 7) is 2.14. The number of aromatic nitrogens is 2. The van der Waals surface area contributed by atoms with Gasteiger partial charge in [-0.05, 0) is 18.4 Å². The van der Waals surface area contributed by atoms with Crippen molar-refractivity contribution in [1.82, 2.24) is 9.97 Å². The lowest BCUT2D eigenvalue weighted by Gasteiger charge is -2.04. The van der Waals surface area contributed by atoms with Gasteiger partial charge in [0.15, 0.2) is 0 Å². The standard InChI is InChI=1S/C9H8N2O3S/c1-2-14-7-6(9(12)13)10-5-3-4-15-8(5)11-7/h3-4H,2H2,1H3,(H,12,13). The molecule has 0 radical (unpaired) electrons. The molecule has 0 aromatic carbocycles. The van der Waals surface area contributed by atoms with Gasteiger partial charge in [-0.15, -0.1) is 11.3 Å². The van der Waals surface area contributed by atoms with Crippen LogP contribution < -0.4 is 4.74 Å². The number of rotatable bonds is 3. The van der Waals surface area contributed by atoms with Gasteiger partial charge < -0.3 is 9.84 Å². The minimum Gasteiger partial charge on any atom is -0.476 e. The maximum absolute atomic E-state index is 10.9. The number of aromatic carboxylic acids is 1. The fourth-order valence-electron chi connectivity index (χ4n) is 1.15. The zero-order chi connectivity index (χ0) is 10.8. The number of hydrogen-bond donors (Lipinski definition) is 1. The molecule has 0 atom stereocenters. The molecule has 0 saturated heterocycles. The zero-order valence-corrected chi connectivity index (χ0v) is 8.74. The molecular weight excluding hydrogens is 216 g/mol. The van der Waals surface area contributed by atoms with Gasteiger partial charge in [0.25, 0.3) is 0 Å². The lowest BCUT2D eigenvalue weighted by molar-refractivity contribution is 0.0685. The molecule has 78 valence electrons. The maximum Gasteiger partial charge on any atom is 0.360 e. The molecular formula is C9H8N2O3S. The van der Waals surface area contributed by atoms with Gasteiger partial charge in [0.05, 0.1) is 6.61 Å². The molecule has 0 amide bonds. The number of thiophene rings is 1. The number of hydrogen-bond acceptors (Lipinski definition) is 5. The highest BCUT2D eigenvalue weighted by atomic mass is 32.1. The van der Waals surface area contributed by atoms with Crippen LogP contribution in [0.5, 0.6) is 5.88 Å². The van der Waals surface area contributed by atoms with E-state index >= 15 is 0 Å². The van der Waals surface area contributed by atoms with Crippen LogP contribution in [0.3, 0.4) is 0 Å². The second-order valence-electron chi connectivity index (χ2n) is 2.73. The van der Waals surface area contributed by atoms with Gasteiger partial charge in [0.1, 0.15) is 10.3 Å². The maximum atomic E-state index is 10.9. The first-order valence-corrected chi connectivity index (χ1v) is 5.21. The van der Waals surface area contributed by atoms with Gasteiger partial charge in [0.2, 0.25) is 11.6 Å². The van der Waals surface area contributed by atoms with Crippen LogP contribution in [0.15, 0.2) is 11.4 Å². The first-order valence-electron chi connectivity index (χ1n) is 4.33. The van der Waals surface area contributed by atoms with Crippen molar-refractivity contribution < 1.29 is 14.6 Å². The third kappa shape index (κ3) is 1.75. The second kappa shape index (κ2) is 3.82. The fraction of sp³-hybridized carbons (Fsp3) is 0.222. The molecule has 1 N–H and O–H groups in total. The van der Waals surface area contributed by atoms with Crippen molar-refractivity contribution in [3.05, 3.63) is 17.1 Å². The van der Waals surface area contributed by atoms with Crippen molar-refractivity contribution in [1.29, 1.82) is 0 Å². The Morgan fingerprint density at radius 3 is 3.07 bits per heavy atom. The minimum absolute atomic E-state index is 0.0833. The highest BCUT2D eigenvalue weighted by Crippen LogP contribution is 2.22. The van der Waals surface area contributed by atoms with Crippen molar-refractivity contribution in [3.8, 4) is 5.88 Å². The lowest BCUT2D eigenvalue weighted by atomic mass is 10.4. The van der Waals surface area contributed by atoms with Crippen LogP contribution in [0.25, 0.3) is 10.3 Å². The highest BCUT2D eigenvalue weighted by Gasteiger charge is 2.16. The first-order chi connectivity index (χ1) is 7.22. The molecule has 5 nitrogen and oxygen atoms in total. The van der Waals surface area contributed by atoms with Crippen LogP contribution in [0, 0.1) is 0 Å². The molecule has 2 rings (SSSR count). The van der Waals surface area contributed by atoms with Gasteiger partial charge in [-0.25, -0.2) is 9.78 Å². The Morgan fingerprint density at radius 1 is 1.60 bits per heavy atom. The van der Waals surface area contributed by atoms with Crippen molar-refractivity contribution in [3.63, 3.8) is 0 Å². The molecule has 2 aromatic rings. The monoisotopic (exact) mass is 224 g/mol. The molecule has 2 heterocycles. The quantitative estimate of drug-likeness (QED) is 0.860. The Morgan fingerprint density at radius 2 is 2.40 bits per heavy atom. The van der Waals surface area contributed by atoms with Crippen molar-refractivity contribution >= 4 is 27.7 Å². The van der Waals surface area contributed by atoms with E-state index in [2.05, 4.69) is 9.97 Å². The lowest BCUT2D eigenvalue weighted by Crippen LogP contribution is -2.07. The molecule has 0 aliphatic rings. The molecule has 0 unspecified atom stereocenters. The predicted octanol–water partition coefficient (Wildman–Crippen LogP) is 1.79. The average Bonchev–Trinajstić information content (AvgIpc) is 2.63. The summed E-state index contributed by atoms with van der Waals surface area (Å²) < 4.78 is 5.13. The van der Waals surface area contributed by atoms with Gasteiger partial charge in [-0.1, -0.05) is 0 Å². The van der Waals surface area contributed by atoms with E-state index in [1.807, 2.05) is 5.38 Å². The summed E-state index contributed by atoms with van der Waals surface area (Å²) in [5.41, 5.74) is 0.448. The highest BCUT2D eigenvalue weighted by molar-refractivity contribution is 7.16. The van der Waals surface area contributed by atoms with Gasteiger partial charge >= 0.3 is 5.97 Å². The average molecular weight is 224 g/mol.